The summed E-state index contributed by atoms with van der Waals surface area (Å²) in [5, 5.41) is 3.56. The van der Waals surface area contributed by atoms with Crippen LogP contribution in [-0.4, -0.2) is 43.3 Å². The summed E-state index contributed by atoms with van der Waals surface area (Å²) in [5.74, 6) is -0.154. The molecule has 1 heterocycles. The minimum absolute atomic E-state index is 0.154. The predicted octanol–water partition coefficient (Wildman–Crippen LogP) is 1.78. The molecule has 1 saturated carbocycles. The first-order valence-corrected chi connectivity index (χ1v) is 7.11. The molecule has 2 aliphatic rings. The molecule has 19 heavy (non-hydrogen) atoms. The summed E-state index contributed by atoms with van der Waals surface area (Å²) in [6.45, 7) is 4.25. The van der Waals surface area contributed by atoms with Crippen LogP contribution in [0.25, 0.3) is 0 Å². The van der Waals surface area contributed by atoms with Gasteiger partial charge in [0.1, 0.15) is 5.82 Å². The van der Waals surface area contributed by atoms with Gasteiger partial charge in [-0.1, -0.05) is 12.1 Å². The van der Waals surface area contributed by atoms with Gasteiger partial charge in [0.05, 0.1) is 13.2 Å². The predicted molar refractivity (Wildman–Crippen MR) is 72.4 cm³/mol. The fourth-order valence-electron chi connectivity index (χ4n) is 2.55. The van der Waals surface area contributed by atoms with E-state index in [0.717, 1.165) is 44.5 Å². The van der Waals surface area contributed by atoms with E-state index in [9.17, 15) is 4.39 Å². The Bertz CT molecular complexity index is 422. The zero-order valence-corrected chi connectivity index (χ0v) is 11.1. The second kappa shape index (κ2) is 5.99. The first kappa shape index (κ1) is 13.0. The highest BCUT2D eigenvalue weighted by Gasteiger charge is 2.26. The Balaban J connectivity index is 1.59. The van der Waals surface area contributed by atoms with Gasteiger partial charge in [0.15, 0.2) is 0 Å². The van der Waals surface area contributed by atoms with E-state index in [0.29, 0.717) is 6.04 Å². The summed E-state index contributed by atoms with van der Waals surface area (Å²) in [5.41, 5.74) is 1.04. The molecule has 1 atom stereocenters. The van der Waals surface area contributed by atoms with Gasteiger partial charge in [-0.15, -0.1) is 0 Å². The lowest BCUT2D eigenvalue weighted by molar-refractivity contribution is -0.0110. The lowest BCUT2D eigenvalue weighted by Crippen LogP contribution is -2.50. The molecule has 0 aromatic heterocycles. The first-order chi connectivity index (χ1) is 9.31. The first-order valence-electron chi connectivity index (χ1n) is 7.11. The van der Waals surface area contributed by atoms with Gasteiger partial charge in [0, 0.05) is 31.7 Å². The number of nitrogens with zero attached hydrogens (tertiary/aromatic N) is 1. The van der Waals surface area contributed by atoms with Crippen molar-refractivity contribution >= 4 is 0 Å². The van der Waals surface area contributed by atoms with Crippen molar-refractivity contribution < 1.29 is 9.13 Å². The van der Waals surface area contributed by atoms with Gasteiger partial charge in [0.2, 0.25) is 0 Å². The van der Waals surface area contributed by atoms with Crippen molar-refractivity contribution in [3.8, 4) is 0 Å². The van der Waals surface area contributed by atoms with Crippen LogP contribution < -0.4 is 5.32 Å². The largest absolute Gasteiger partial charge is 0.378 e. The van der Waals surface area contributed by atoms with Crippen molar-refractivity contribution in [1.82, 2.24) is 10.2 Å². The SMILES string of the molecule is Fc1cccc(CN2CCOCC2CNC2CC2)c1. The second-order valence-electron chi connectivity index (χ2n) is 5.51. The Morgan fingerprint density at radius 3 is 3.05 bits per heavy atom. The van der Waals surface area contributed by atoms with E-state index >= 15 is 0 Å². The highest BCUT2D eigenvalue weighted by Crippen LogP contribution is 2.19. The number of morpholine rings is 1. The van der Waals surface area contributed by atoms with Crippen LogP contribution in [0.4, 0.5) is 4.39 Å². The van der Waals surface area contributed by atoms with E-state index in [1.165, 1.54) is 18.9 Å². The van der Waals surface area contributed by atoms with Crippen LogP contribution in [0.2, 0.25) is 0 Å². The van der Waals surface area contributed by atoms with Gasteiger partial charge in [-0.2, -0.15) is 0 Å². The third-order valence-electron chi connectivity index (χ3n) is 3.84. The maximum absolute atomic E-state index is 13.2. The third-order valence-corrected chi connectivity index (χ3v) is 3.84. The van der Waals surface area contributed by atoms with E-state index in [1.54, 1.807) is 12.1 Å². The second-order valence-corrected chi connectivity index (χ2v) is 5.51. The molecule has 0 amide bonds. The number of rotatable bonds is 5. The molecular weight excluding hydrogens is 243 g/mol. The topological polar surface area (TPSA) is 24.5 Å². The fraction of sp³-hybridized carbons (Fsp3) is 0.600. The van der Waals surface area contributed by atoms with Crippen LogP contribution in [0.15, 0.2) is 24.3 Å². The van der Waals surface area contributed by atoms with Crippen molar-refractivity contribution in [2.24, 2.45) is 0 Å². The number of hydrogen-bond donors (Lipinski definition) is 1. The van der Waals surface area contributed by atoms with Gasteiger partial charge < -0.3 is 10.1 Å². The Morgan fingerprint density at radius 2 is 2.26 bits per heavy atom. The third kappa shape index (κ3) is 3.75. The number of hydrogen-bond acceptors (Lipinski definition) is 3. The minimum Gasteiger partial charge on any atom is -0.378 e. The van der Waals surface area contributed by atoms with Gasteiger partial charge >= 0.3 is 0 Å². The highest BCUT2D eigenvalue weighted by atomic mass is 19.1. The number of ether oxygens (including phenoxy) is 1. The summed E-state index contributed by atoms with van der Waals surface area (Å²) in [6.07, 6.45) is 2.61. The molecular formula is C15H21FN2O. The van der Waals surface area contributed by atoms with Crippen LogP contribution in [0.3, 0.4) is 0 Å². The molecule has 1 N–H and O–H groups in total. The van der Waals surface area contributed by atoms with Crippen molar-refractivity contribution in [2.75, 3.05) is 26.3 Å². The molecule has 0 bridgehead atoms. The molecule has 1 unspecified atom stereocenters. The van der Waals surface area contributed by atoms with Crippen molar-refractivity contribution in [3.05, 3.63) is 35.6 Å². The summed E-state index contributed by atoms with van der Waals surface area (Å²) in [7, 11) is 0. The molecule has 1 aliphatic heterocycles. The van der Waals surface area contributed by atoms with Crippen molar-refractivity contribution in [2.45, 2.75) is 31.5 Å². The molecule has 1 aliphatic carbocycles. The molecule has 1 saturated heterocycles. The van der Waals surface area contributed by atoms with Crippen LogP contribution in [-0.2, 0) is 11.3 Å². The van der Waals surface area contributed by atoms with E-state index in [2.05, 4.69) is 10.2 Å². The van der Waals surface area contributed by atoms with Crippen LogP contribution in [0.5, 0.6) is 0 Å². The zero-order valence-electron chi connectivity index (χ0n) is 11.1. The highest BCUT2D eigenvalue weighted by molar-refractivity contribution is 5.16. The molecule has 0 spiro atoms. The molecule has 0 radical (unpaired) electrons. The average molecular weight is 264 g/mol. The van der Waals surface area contributed by atoms with Gasteiger partial charge in [-0.05, 0) is 30.5 Å². The maximum atomic E-state index is 13.2. The van der Waals surface area contributed by atoms with E-state index in [1.807, 2.05) is 6.07 Å². The monoisotopic (exact) mass is 264 g/mol. The van der Waals surface area contributed by atoms with E-state index in [4.69, 9.17) is 4.74 Å². The fourth-order valence-corrected chi connectivity index (χ4v) is 2.55. The van der Waals surface area contributed by atoms with Gasteiger partial charge in [-0.3, -0.25) is 4.90 Å². The standard InChI is InChI=1S/C15H21FN2O/c16-13-3-1-2-12(8-13)10-18-6-7-19-11-15(18)9-17-14-4-5-14/h1-3,8,14-15,17H,4-7,9-11H2. The molecule has 3 nitrogen and oxygen atoms in total. The molecule has 104 valence electrons. The molecule has 1 aromatic rings. The summed E-state index contributed by atoms with van der Waals surface area (Å²) in [4.78, 5) is 2.40. The van der Waals surface area contributed by atoms with Gasteiger partial charge in [-0.25, -0.2) is 4.39 Å². The van der Waals surface area contributed by atoms with E-state index < -0.39 is 0 Å². The molecule has 2 fully saturated rings. The quantitative estimate of drug-likeness (QED) is 0.877. The molecule has 1 aromatic carbocycles. The normalized spacial score (nSPS) is 24.6. The lowest BCUT2D eigenvalue weighted by Gasteiger charge is -2.35. The Morgan fingerprint density at radius 1 is 1.37 bits per heavy atom. The summed E-state index contributed by atoms with van der Waals surface area (Å²) < 4.78 is 18.8. The van der Waals surface area contributed by atoms with Crippen molar-refractivity contribution in [1.29, 1.82) is 0 Å². The average Bonchev–Trinajstić information content (AvgIpc) is 3.22. The van der Waals surface area contributed by atoms with Crippen molar-refractivity contribution in [3.63, 3.8) is 0 Å². The number of halogens is 1. The number of benzene rings is 1. The zero-order chi connectivity index (χ0) is 13.1. The van der Waals surface area contributed by atoms with Crippen LogP contribution >= 0.6 is 0 Å². The Labute approximate surface area is 113 Å². The van der Waals surface area contributed by atoms with Gasteiger partial charge in [0.25, 0.3) is 0 Å². The van der Waals surface area contributed by atoms with E-state index in [-0.39, 0.29) is 5.82 Å². The Kier molecular flexibility index (Phi) is 4.11. The molecule has 3 rings (SSSR count). The maximum Gasteiger partial charge on any atom is 0.123 e. The Hall–Kier alpha value is -0.970. The lowest BCUT2D eigenvalue weighted by atomic mass is 10.1. The minimum atomic E-state index is -0.154. The molecule has 4 heteroatoms. The summed E-state index contributed by atoms with van der Waals surface area (Å²) in [6, 6.07) is 8.01. The van der Waals surface area contributed by atoms with Crippen LogP contribution in [0, 0.1) is 5.82 Å². The summed E-state index contributed by atoms with van der Waals surface area (Å²) >= 11 is 0. The smallest absolute Gasteiger partial charge is 0.123 e. The number of nitrogens with one attached hydrogen (secondary N) is 1. The van der Waals surface area contributed by atoms with Crippen LogP contribution in [0.1, 0.15) is 18.4 Å².